The van der Waals surface area contributed by atoms with Crippen molar-refractivity contribution in [3.8, 4) is 0 Å². The molecule has 0 rings (SSSR count). The third-order valence-electron chi connectivity index (χ3n) is 10.3. The normalized spacial score (nSPS) is 13.2. The Hall–Kier alpha value is -2.45. The maximum absolute atomic E-state index is 12.7. The maximum atomic E-state index is 12.7. The standard InChI is InChI=1S/C48H87NO7/c1-6-8-10-12-14-16-18-20-22-24-26-28-30-32-34-36-38-46(50)55-43-44(42-54-41-40-45(48(52)53)49(3,4)5)56-47(51)39-37-35-33-31-29-27-25-23-21-19-17-15-13-11-9-7-2/h9,11,15,17,21,23,44-45H,6-8,10,12-14,16,18-20,22,24-43H2,1-5H3/b11-9+,17-15+,23-21+. The highest BCUT2D eigenvalue weighted by Crippen LogP contribution is 2.15. The molecule has 8 nitrogen and oxygen atoms in total. The van der Waals surface area contributed by atoms with Crippen molar-refractivity contribution in [3.05, 3.63) is 36.5 Å². The number of carbonyl (C=O) groups is 3. The fourth-order valence-electron chi connectivity index (χ4n) is 6.73. The van der Waals surface area contributed by atoms with Gasteiger partial charge >= 0.3 is 11.9 Å². The lowest BCUT2D eigenvalue weighted by Crippen LogP contribution is -2.55. The van der Waals surface area contributed by atoms with Gasteiger partial charge in [0.25, 0.3) is 0 Å². The zero-order valence-electron chi connectivity index (χ0n) is 37.1. The molecule has 0 fully saturated rings. The van der Waals surface area contributed by atoms with E-state index in [1.54, 1.807) is 21.1 Å². The molecule has 0 radical (unpaired) electrons. The SMILES string of the molecule is CC/C=C/C/C=C/C/C=C/CCCCCCCCC(=O)OC(COCCC(C(=O)[O-])[N+](C)(C)C)COC(=O)CCCCCCCCCCCCCCCCCC. The molecule has 8 heteroatoms. The number of unbranched alkanes of at least 4 members (excludes halogenated alkanes) is 21. The van der Waals surface area contributed by atoms with E-state index in [9.17, 15) is 19.5 Å². The zero-order chi connectivity index (χ0) is 41.4. The summed E-state index contributed by atoms with van der Waals surface area (Å²) < 4.78 is 17.2. The molecule has 0 aromatic heterocycles. The van der Waals surface area contributed by atoms with Crippen LogP contribution in [0.3, 0.4) is 0 Å². The van der Waals surface area contributed by atoms with E-state index in [4.69, 9.17) is 14.2 Å². The fourth-order valence-corrected chi connectivity index (χ4v) is 6.73. The first-order valence-electron chi connectivity index (χ1n) is 23.0. The van der Waals surface area contributed by atoms with Crippen LogP contribution in [0.4, 0.5) is 0 Å². The van der Waals surface area contributed by atoms with Crippen LogP contribution in [0.25, 0.3) is 0 Å². The molecule has 0 bridgehead atoms. The van der Waals surface area contributed by atoms with Crippen molar-refractivity contribution in [3.63, 3.8) is 0 Å². The minimum atomic E-state index is -1.13. The molecule has 0 aliphatic heterocycles. The minimum Gasteiger partial charge on any atom is -0.544 e. The molecule has 0 aromatic rings. The van der Waals surface area contributed by atoms with Gasteiger partial charge in [0.2, 0.25) is 0 Å². The van der Waals surface area contributed by atoms with Crippen molar-refractivity contribution >= 4 is 17.9 Å². The summed E-state index contributed by atoms with van der Waals surface area (Å²) in [5, 5.41) is 11.6. The molecular weight excluding hydrogens is 703 g/mol. The van der Waals surface area contributed by atoms with E-state index >= 15 is 0 Å². The molecule has 0 amide bonds. The molecule has 0 aliphatic rings. The van der Waals surface area contributed by atoms with E-state index in [0.29, 0.717) is 12.8 Å². The largest absolute Gasteiger partial charge is 0.544 e. The van der Waals surface area contributed by atoms with Gasteiger partial charge < -0.3 is 28.6 Å². The van der Waals surface area contributed by atoms with Gasteiger partial charge in [0.05, 0.1) is 40.3 Å². The number of likely N-dealkylation sites (N-methyl/N-ethyl adjacent to an activating group) is 1. The number of allylic oxidation sites excluding steroid dienone is 6. The maximum Gasteiger partial charge on any atom is 0.306 e. The quantitative estimate of drug-likeness (QED) is 0.0263. The van der Waals surface area contributed by atoms with Crippen molar-refractivity contribution in [2.45, 2.75) is 212 Å². The highest BCUT2D eigenvalue weighted by atomic mass is 16.6. The number of ether oxygens (including phenoxy) is 3. The first kappa shape index (κ1) is 53.6. The third-order valence-corrected chi connectivity index (χ3v) is 10.3. The molecule has 0 heterocycles. The van der Waals surface area contributed by atoms with E-state index in [2.05, 4.69) is 50.3 Å². The Morgan fingerprint density at radius 1 is 0.554 bits per heavy atom. The lowest BCUT2D eigenvalue weighted by atomic mass is 10.0. The second-order valence-electron chi connectivity index (χ2n) is 16.6. The lowest BCUT2D eigenvalue weighted by molar-refractivity contribution is -0.889. The third kappa shape index (κ3) is 37.1. The summed E-state index contributed by atoms with van der Waals surface area (Å²) in [5.41, 5.74) is 0. The Labute approximate surface area is 344 Å². The van der Waals surface area contributed by atoms with Crippen LogP contribution in [0.5, 0.6) is 0 Å². The molecule has 2 unspecified atom stereocenters. The number of carbonyl (C=O) groups excluding carboxylic acids is 3. The predicted octanol–water partition coefficient (Wildman–Crippen LogP) is 11.3. The van der Waals surface area contributed by atoms with Gasteiger partial charge in [0, 0.05) is 19.3 Å². The van der Waals surface area contributed by atoms with E-state index in [1.807, 2.05) is 0 Å². The number of hydrogen-bond donors (Lipinski definition) is 0. The molecule has 0 saturated carbocycles. The van der Waals surface area contributed by atoms with Crippen LogP contribution in [-0.4, -0.2) is 75.5 Å². The van der Waals surface area contributed by atoms with Crippen molar-refractivity contribution in [2.24, 2.45) is 0 Å². The number of hydrogen-bond acceptors (Lipinski definition) is 7. The van der Waals surface area contributed by atoms with Crippen LogP contribution in [0, 0.1) is 0 Å². The van der Waals surface area contributed by atoms with Crippen LogP contribution in [-0.2, 0) is 28.6 Å². The predicted molar refractivity (Wildman–Crippen MR) is 231 cm³/mol. The summed E-state index contributed by atoms with van der Waals surface area (Å²) in [7, 11) is 5.41. The monoisotopic (exact) mass is 790 g/mol. The Bertz CT molecular complexity index is 1020. The van der Waals surface area contributed by atoms with Crippen LogP contribution < -0.4 is 5.11 Å². The van der Waals surface area contributed by atoms with Gasteiger partial charge in [-0.25, -0.2) is 0 Å². The molecule has 0 spiro atoms. The Kier molecular flexibility index (Phi) is 37.7. The minimum absolute atomic E-state index is 0.0377. The summed E-state index contributed by atoms with van der Waals surface area (Å²) in [5.74, 6) is -1.74. The molecule has 0 saturated heterocycles. The van der Waals surface area contributed by atoms with Crippen LogP contribution >= 0.6 is 0 Å². The number of aliphatic carboxylic acids is 1. The Morgan fingerprint density at radius 2 is 1.00 bits per heavy atom. The second-order valence-corrected chi connectivity index (χ2v) is 16.6. The Morgan fingerprint density at radius 3 is 1.48 bits per heavy atom. The van der Waals surface area contributed by atoms with E-state index in [0.717, 1.165) is 70.6 Å². The summed E-state index contributed by atoms with van der Waals surface area (Å²) in [6.07, 6.45) is 44.5. The number of esters is 2. The van der Waals surface area contributed by atoms with Crippen LogP contribution in [0.15, 0.2) is 36.5 Å². The zero-order valence-corrected chi connectivity index (χ0v) is 37.1. The average Bonchev–Trinajstić information content (AvgIpc) is 3.15. The second kappa shape index (κ2) is 39.4. The Balaban J connectivity index is 4.32. The molecule has 0 aliphatic carbocycles. The number of rotatable bonds is 41. The van der Waals surface area contributed by atoms with Crippen molar-refractivity contribution in [1.29, 1.82) is 0 Å². The molecule has 0 aromatic carbocycles. The number of carboxylic acid groups (broad SMARTS) is 1. The van der Waals surface area contributed by atoms with E-state index in [1.165, 1.54) is 96.3 Å². The van der Waals surface area contributed by atoms with Crippen molar-refractivity contribution in [1.82, 2.24) is 0 Å². The summed E-state index contributed by atoms with van der Waals surface area (Å²) >= 11 is 0. The number of nitrogens with zero attached hydrogens (tertiary/aromatic N) is 1. The van der Waals surface area contributed by atoms with Crippen molar-refractivity contribution in [2.75, 3.05) is 41.0 Å². The molecule has 0 N–H and O–H groups in total. The lowest BCUT2D eigenvalue weighted by Gasteiger charge is -2.34. The average molecular weight is 790 g/mol. The molecular formula is C48H87NO7. The van der Waals surface area contributed by atoms with Gasteiger partial charge in [-0.2, -0.15) is 0 Å². The summed E-state index contributed by atoms with van der Waals surface area (Å²) in [6, 6.07) is -0.726. The summed E-state index contributed by atoms with van der Waals surface area (Å²) in [6.45, 7) is 4.55. The van der Waals surface area contributed by atoms with Crippen LogP contribution in [0.1, 0.15) is 200 Å². The fraction of sp³-hybridized carbons (Fsp3) is 0.812. The van der Waals surface area contributed by atoms with E-state index < -0.39 is 18.1 Å². The topological polar surface area (TPSA) is 102 Å². The van der Waals surface area contributed by atoms with Gasteiger partial charge in [0.1, 0.15) is 12.6 Å². The van der Waals surface area contributed by atoms with Gasteiger partial charge in [-0.1, -0.05) is 172 Å². The molecule has 326 valence electrons. The van der Waals surface area contributed by atoms with Gasteiger partial charge in [-0.3, -0.25) is 9.59 Å². The summed E-state index contributed by atoms with van der Waals surface area (Å²) in [4.78, 5) is 36.9. The highest BCUT2D eigenvalue weighted by molar-refractivity contribution is 5.70. The highest BCUT2D eigenvalue weighted by Gasteiger charge is 2.25. The van der Waals surface area contributed by atoms with Crippen LogP contribution in [0.2, 0.25) is 0 Å². The van der Waals surface area contributed by atoms with Gasteiger partial charge in [-0.15, -0.1) is 0 Å². The molecule has 2 atom stereocenters. The van der Waals surface area contributed by atoms with Gasteiger partial charge in [-0.05, 0) is 44.9 Å². The number of carboxylic acids is 1. The first-order chi connectivity index (χ1) is 27.1. The molecule has 56 heavy (non-hydrogen) atoms. The smallest absolute Gasteiger partial charge is 0.306 e. The van der Waals surface area contributed by atoms with Crippen molar-refractivity contribution < 1.29 is 38.2 Å². The van der Waals surface area contributed by atoms with E-state index in [-0.39, 0.29) is 42.7 Å². The van der Waals surface area contributed by atoms with Gasteiger partial charge in [0.15, 0.2) is 6.10 Å². The number of quaternary nitrogens is 1. The first-order valence-corrected chi connectivity index (χ1v) is 23.0.